The van der Waals surface area contributed by atoms with Gasteiger partial charge in [-0.05, 0) is 124 Å². The number of hydrogen-bond acceptors (Lipinski definition) is 1. The third-order valence-corrected chi connectivity index (χ3v) is 16.7. The maximum atomic E-state index is 7.34. The Balaban J connectivity index is 0.904. The standard InChI is InChI=1S/C74H50O/c1-5-21-48(22-6-1)49-39-41-51(42-40-49)69(50-23-7-2-8-24-50)54-43-44-60-58-32-15-16-33-59(58)63(64(60)47-54)46-53-26-19-38-68-70(53)65-45-52-25-13-14-31-57(52)72(73(65)75-68)62-35-20-37-67-71(62)61-34-17-18-36-66(61)74(67,55-27-9-3-10-28-55)56-29-11-4-12-30-56/h1-45,47,63,69H,46H2. The van der Waals surface area contributed by atoms with Gasteiger partial charge in [0.25, 0.3) is 0 Å². The molecule has 2 aliphatic rings. The van der Waals surface area contributed by atoms with Crippen LogP contribution in [-0.4, -0.2) is 0 Å². The van der Waals surface area contributed by atoms with Crippen LogP contribution in [-0.2, 0) is 11.8 Å². The van der Waals surface area contributed by atoms with Crippen LogP contribution in [0.3, 0.4) is 0 Å². The van der Waals surface area contributed by atoms with Crippen LogP contribution < -0.4 is 0 Å². The Hall–Kier alpha value is -9.30. The first-order valence-electron chi connectivity index (χ1n) is 26.4. The smallest absolute Gasteiger partial charge is 0.143 e. The van der Waals surface area contributed by atoms with Gasteiger partial charge in [0.1, 0.15) is 11.2 Å². The fraction of sp³-hybridized carbons (Fsp3) is 0.0541. The number of benzene rings is 12. The molecule has 15 rings (SSSR count). The van der Waals surface area contributed by atoms with Gasteiger partial charge >= 0.3 is 0 Å². The molecule has 0 bridgehead atoms. The highest BCUT2D eigenvalue weighted by molar-refractivity contribution is 6.20. The van der Waals surface area contributed by atoms with Gasteiger partial charge in [-0.3, -0.25) is 0 Å². The van der Waals surface area contributed by atoms with Crippen molar-refractivity contribution in [1.82, 2.24) is 0 Å². The van der Waals surface area contributed by atoms with Crippen molar-refractivity contribution in [2.75, 3.05) is 0 Å². The van der Waals surface area contributed by atoms with Gasteiger partial charge in [-0.15, -0.1) is 0 Å². The van der Waals surface area contributed by atoms with Crippen LogP contribution in [0.1, 0.15) is 67.5 Å². The second kappa shape index (κ2) is 17.4. The van der Waals surface area contributed by atoms with E-state index in [0.29, 0.717) is 0 Å². The van der Waals surface area contributed by atoms with E-state index < -0.39 is 5.41 Å². The molecule has 0 radical (unpaired) electrons. The minimum Gasteiger partial charge on any atom is -0.455 e. The molecule has 2 aliphatic carbocycles. The minimum absolute atomic E-state index is 0.0654. The highest BCUT2D eigenvalue weighted by atomic mass is 16.3. The zero-order chi connectivity index (χ0) is 49.5. The van der Waals surface area contributed by atoms with Crippen molar-refractivity contribution in [2.45, 2.75) is 23.7 Å². The molecule has 75 heavy (non-hydrogen) atoms. The van der Waals surface area contributed by atoms with Gasteiger partial charge < -0.3 is 4.42 Å². The van der Waals surface area contributed by atoms with Crippen molar-refractivity contribution < 1.29 is 4.42 Å². The van der Waals surface area contributed by atoms with Crippen LogP contribution in [0.15, 0.2) is 283 Å². The van der Waals surface area contributed by atoms with Crippen LogP contribution in [0.2, 0.25) is 0 Å². The second-order valence-electron chi connectivity index (χ2n) is 20.5. The summed E-state index contributed by atoms with van der Waals surface area (Å²) in [6.07, 6.45) is 0.828. The molecule has 2 atom stereocenters. The molecule has 1 nitrogen and oxygen atoms in total. The van der Waals surface area contributed by atoms with Gasteiger partial charge in [0.15, 0.2) is 0 Å². The van der Waals surface area contributed by atoms with E-state index in [4.69, 9.17) is 4.42 Å². The zero-order valence-corrected chi connectivity index (χ0v) is 41.3. The average molecular weight is 955 g/mol. The predicted octanol–water partition coefficient (Wildman–Crippen LogP) is 19.0. The molecule has 1 aromatic heterocycles. The summed E-state index contributed by atoms with van der Waals surface area (Å²) in [6, 6.07) is 104. The highest BCUT2D eigenvalue weighted by Gasteiger charge is 2.47. The zero-order valence-electron chi connectivity index (χ0n) is 41.3. The van der Waals surface area contributed by atoms with Gasteiger partial charge in [0.05, 0.1) is 5.41 Å². The van der Waals surface area contributed by atoms with Crippen molar-refractivity contribution >= 4 is 32.7 Å². The molecule has 0 fully saturated rings. The summed E-state index contributed by atoms with van der Waals surface area (Å²) in [5.41, 5.74) is 24.3. The van der Waals surface area contributed by atoms with Crippen molar-refractivity contribution in [1.29, 1.82) is 0 Å². The fourth-order valence-electron chi connectivity index (χ4n) is 13.5. The molecule has 13 aromatic rings. The van der Waals surface area contributed by atoms with Gasteiger partial charge in [0.2, 0.25) is 0 Å². The number of fused-ring (bicyclic) bond motifs is 10. The van der Waals surface area contributed by atoms with E-state index in [1.165, 1.54) is 111 Å². The second-order valence-corrected chi connectivity index (χ2v) is 20.5. The molecule has 0 spiro atoms. The number of furan rings is 1. The Morgan fingerprint density at radius 3 is 1.72 bits per heavy atom. The Kier molecular flexibility index (Phi) is 10.1. The van der Waals surface area contributed by atoms with Crippen LogP contribution in [0, 0.1) is 0 Å². The lowest BCUT2D eigenvalue weighted by atomic mass is 9.67. The number of rotatable bonds is 9. The monoisotopic (exact) mass is 954 g/mol. The Labute approximate surface area is 437 Å². The Morgan fingerprint density at radius 2 is 0.947 bits per heavy atom. The summed E-state index contributed by atoms with van der Waals surface area (Å²) in [6.45, 7) is 0. The average Bonchev–Trinajstić information content (AvgIpc) is 4.26. The van der Waals surface area contributed by atoms with Gasteiger partial charge in [-0.25, -0.2) is 0 Å². The molecule has 0 N–H and O–H groups in total. The van der Waals surface area contributed by atoms with Crippen molar-refractivity contribution in [3.8, 4) is 44.5 Å². The molecule has 2 unspecified atom stereocenters. The topological polar surface area (TPSA) is 13.1 Å². The predicted molar refractivity (Wildman–Crippen MR) is 311 cm³/mol. The normalized spacial score (nSPS) is 14.4. The molecule has 1 heterocycles. The highest BCUT2D eigenvalue weighted by Crippen LogP contribution is 2.59. The maximum absolute atomic E-state index is 7.34. The molecule has 1 heteroatoms. The van der Waals surface area contributed by atoms with E-state index in [-0.39, 0.29) is 11.8 Å². The van der Waals surface area contributed by atoms with Crippen molar-refractivity contribution in [3.05, 3.63) is 335 Å². The molecule has 12 aromatic carbocycles. The first kappa shape index (κ1) is 43.3. The van der Waals surface area contributed by atoms with Crippen LogP contribution >= 0.6 is 0 Å². The molecule has 352 valence electrons. The van der Waals surface area contributed by atoms with E-state index in [1.807, 2.05) is 0 Å². The van der Waals surface area contributed by atoms with E-state index in [9.17, 15) is 0 Å². The van der Waals surface area contributed by atoms with E-state index in [0.717, 1.165) is 28.5 Å². The van der Waals surface area contributed by atoms with Crippen LogP contribution in [0.25, 0.3) is 77.2 Å². The largest absolute Gasteiger partial charge is 0.455 e. The van der Waals surface area contributed by atoms with E-state index in [2.05, 4.69) is 279 Å². The summed E-state index contributed by atoms with van der Waals surface area (Å²) in [7, 11) is 0. The van der Waals surface area contributed by atoms with Gasteiger partial charge in [0, 0.05) is 28.2 Å². The molecule has 0 saturated heterocycles. The summed E-state index contributed by atoms with van der Waals surface area (Å²) in [5.74, 6) is 0.206. The third-order valence-electron chi connectivity index (χ3n) is 16.7. The fourth-order valence-corrected chi connectivity index (χ4v) is 13.5. The Bertz CT molecular complexity index is 4260. The lowest BCUT2D eigenvalue weighted by Gasteiger charge is -2.34. The lowest BCUT2D eigenvalue weighted by Crippen LogP contribution is -2.28. The first-order valence-corrected chi connectivity index (χ1v) is 26.4. The van der Waals surface area contributed by atoms with Crippen molar-refractivity contribution in [2.24, 2.45) is 0 Å². The Morgan fingerprint density at radius 1 is 0.373 bits per heavy atom. The SMILES string of the molecule is c1ccc(-c2ccc(C(c3ccccc3)c3ccc4c(c3)C(Cc3cccc5oc6c(-c7cccc8c7-c7ccccc7C8(c7ccccc7)c7ccccc7)c7ccccc7cc6c35)c3ccccc3-4)cc2)cc1. The van der Waals surface area contributed by atoms with Gasteiger partial charge in [-0.1, -0.05) is 267 Å². The molecular weight excluding hydrogens is 905 g/mol. The van der Waals surface area contributed by atoms with Crippen LogP contribution in [0.4, 0.5) is 0 Å². The lowest BCUT2D eigenvalue weighted by molar-refractivity contribution is 0.670. The summed E-state index contributed by atoms with van der Waals surface area (Å²) < 4.78 is 7.34. The number of hydrogen-bond donors (Lipinski definition) is 0. The van der Waals surface area contributed by atoms with E-state index >= 15 is 0 Å². The molecular formula is C74H50O. The minimum atomic E-state index is -0.517. The summed E-state index contributed by atoms with van der Waals surface area (Å²) in [4.78, 5) is 0. The van der Waals surface area contributed by atoms with Crippen LogP contribution in [0.5, 0.6) is 0 Å². The summed E-state index contributed by atoms with van der Waals surface area (Å²) >= 11 is 0. The van der Waals surface area contributed by atoms with E-state index in [1.54, 1.807) is 0 Å². The quantitative estimate of drug-likeness (QED) is 0.131. The first-order chi connectivity index (χ1) is 37.2. The molecule has 0 aliphatic heterocycles. The van der Waals surface area contributed by atoms with Gasteiger partial charge in [-0.2, -0.15) is 0 Å². The summed E-state index contributed by atoms with van der Waals surface area (Å²) in [5, 5.41) is 4.73. The maximum Gasteiger partial charge on any atom is 0.143 e. The van der Waals surface area contributed by atoms with Crippen molar-refractivity contribution in [3.63, 3.8) is 0 Å². The third kappa shape index (κ3) is 6.71. The molecule has 0 amide bonds. The molecule has 0 saturated carbocycles.